The number of benzene rings is 19. The first-order chi connectivity index (χ1) is 58.0. The van der Waals surface area contributed by atoms with E-state index in [1.807, 2.05) is 0 Å². The molecule has 566 valence electrons. The third-order valence-electron chi connectivity index (χ3n) is 26.2. The summed E-state index contributed by atoms with van der Waals surface area (Å²) >= 11 is 0. The Morgan fingerprint density at radius 2 is 0.513 bits per heavy atom. The van der Waals surface area contributed by atoms with E-state index in [0.717, 1.165) is 101 Å². The predicted molar refractivity (Wildman–Crippen MR) is 512 cm³/mol. The number of nitrogens with zero attached hydrogens (tertiary/aromatic N) is 4. The molecule has 0 unspecified atom stereocenters. The minimum atomic E-state index is -0.380. The first kappa shape index (κ1) is 70.4. The summed E-state index contributed by atoms with van der Waals surface area (Å²) in [6.45, 7) is 21.2. The molecule has 0 atom stereocenters. The minimum Gasteiger partial charge on any atom is -0.310 e. The lowest BCUT2D eigenvalue weighted by molar-refractivity contribution is 0.590. The number of aromatic nitrogens is 2. The zero-order chi connectivity index (χ0) is 80.1. The van der Waals surface area contributed by atoms with Gasteiger partial charge in [0.15, 0.2) is 0 Å². The van der Waals surface area contributed by atoms with Gasteiger partial charge in [0, 0.05) is 88.7 Å². The van der Waals surface area contributed by atoms with Gasteiger partial charge in [-0.2, -0.15) is 0 Å². The topological polar surface area (TPSA) is 16.3 Å². The number of anilines is 6. The minimum absolute atomic E-state index is 0.227. The third kappa shape index (κ3) is 10.7. The summed E-state index contributed by atoms with van der Waals surface area (Å²) < 4.78 is 5.27. The molecule has 0 aliphatic carbocycles. The van der Waals surface area contributed by atoms with E-state index in [1.165, 1.54) is 130 Å². The molecule has 0 fully saturated rings. The molecule has 0 radical (unpaired) electrons. The maximum absolute atomic E-state index is 2.77. The summed E-state index contributed by atoms with van der Waals surface area (Å²) in [4.78, 5) is 5.54. The fraction of sp³-hybridized carbons (Fsp3) is 0.105. The van der Waals surface area contributed by atoms with E-state index in [0.29, 0.717) is 0 Å². The van der Waals surface area contributed by atoms with Gasteiger partial charge < -0.3 is 18.9 Å². The summed E-state index contributed by atoms with van der Waals surface area (Å²) in [5, 5.41) is 19.8. The van der Waals surface area contributed by atoms with Crippen LogP contribution in [-0.2, 0) is 16.2 Å². The fourth-order valence-electron chi connectivity index (χ4n) is 20.5. The molecule has 5 heteroatoms. The van der Waals surface area contributed by atoms with Crippen LogP contribution in [0.15, 0.2) is 364 Å². The molecule has 0 N–H and O–H groups in total. The van der Waals surface area contributed by atoms with Crippen molar-refractivity contribution in [2.75, 3.05) is 9.80 Å². The number of rotatable bonds is 8. The van der Waals surface area contributed by atoms with Gasteiger partial charge in [0.25, 0.3) is 6.71 Å². The monoisotopic (exact) mass is 1520 g/mol. The molecular weight excluding hydrogens is 1440 g/mol. The van der Waals surface area contributed by atoms with Gasteiger partial charge in [0.2, 0.25) is 0 Å². The summed E-state index contributed by atoms with van der Waals surface area (Å²) in [6, 6.07) is 140. The Bertz CT molecular complexity index is 7270. The van der Waals surface area contributed by atoms with Crippen LogP contribution in [0.1, 0.15) is 79.0 Å². The maximum atomic E-state index is 2.77. The van der Waals surface area contributed by atoms with E-state index < -0.39 is 0 Å². The zero-order valence-electron chi connectivity index (χ0n) is 68.5. The van der Waals surface area contributed by atoms with Gasteiger partial charge >= 0.3 is 0 Å². The van der Waals surface area contributed by atoms with Crippen molar-refractivity contribution in [1.82, 2.24) is 9.13 Å². The lowest BCUT2D eigenvalue weighted by Crippen LogP contribution is -2.61. The zero-order valence-corrected chi connectivity index (χ0v) is 68.5. The predicted octanol–water partition coefficient (Wildman–Crippen LogP) is 29.4. The molecule has 0 bridgehead atoms. The standard InChI is InChI=1S/C114H87BN4/c1-112(2,3)76-62-91(70-34-14-10-15-35-70)108(92(63-76)71-36-16-11-17-37-71)118-99-68-79(116-97-60-54-74-42-22-24-44-81(74)103(97)105-87-50-30-26-46-83(87)85-48-28-32-52-89(85)110(105)116)56-58-95(99)115-96-59-57-80(117-98-61-55-75-43-23-25-45-82(75)104(98)106-88-51-31-27-47-84(88)86-49-29-33-53-90(86)111(106)117)69-100(96)119(102-67-78(114(7,8)9)66-101(118)107(102)115)109-93(72-38-18-12-19-39-72)64-77(113(4,5)6)65-94(109)73-40-20-13-21-41-73/h10-69H,1-9H3. The van der Waals surface area contributed by atoms with Gasteiger partial charge in [0.1, 0.15) is 0 Å². The van der Waals surface area contributed by atoms with Gasteiger partial charge in [-0.3, -0.25) is 0 Å². The van der Waals surface area contributed by atoms with E-state index in [-0.39, 0.29) is 23.0 Å². The van der Waals surface area contributed by atoms with E-state index in [1.54, 1.807) is 0 Å². The second-order valence-electron chi connectivity index (χ2n) is 36.2. The number of hydrogen-bond acceptors (Lipinski definition) is 2. The molecular formula is C114H87BN4. The van der Waals surface area contributed by atoms with Crippen LogP contribution in [0.2, 0.25) is 0 Å². The molecule has 4 heterocycles. The average molecular weight is 1520 g/mol. The SMILES string of the molecule is CC(C)(C)c1cc(-c2ccccc2)c(N2c3cc(-n4c5ccc6ccccc6c5c5c6ccccc6c6ccccc6c54)ccc3B3c4ccc(-n5c6ccc7ccccc7c6c6c7ccccc7c7ccccc7c65)cc4N(c4c(-c5ccccc5)cc(C(C)(C)C)cc4-c4ccccc4)c4cc(C(C)(C)C)cc2c43)c(-c2ccccc2)c1. The van der Waals surface area contributed by atoms with Gasteiger partial charge in [-0.25, -0.2) is 0 Å². The average Bonchev–Trinajstić information content (AvgIpc) is 1.69. The smallest absolute Gasteiger partial charge is 0.252 e. The second-order valence-corrected chi connectivity index (χ2v) is 36.2. The Hall–Kier alpha value is -14.0. The van der Waals surface area contributed by atoms with Crippen molar-refractivity contribution in [2.45, 2.75) is 78.6 Å². The summed E-state index contributed by atoms with van der Waals surface area (Å²) in [7, 11) is 0. The van der Waals surface area contributed by atoms with Crippen molar-refractivity contribution in [2.24, 2.45) is 0 Å². The highest BCUT2D eigenvalue weighted by Gasteiger charge is 2.47. The van der Waals surface area contributed by atoms with Crippen LogP contribution in [-0.4, -0.2) is 15.8 Å². The first-order valence-electron chi connectivity index (χ1n) is 42.2. The Morgan fingerprint density at radius 3 is 0.849 bits per heavy atom. The molecule has 23 rings (SSSR count). The van der Waals surface area contributed by atoms with Crippen LogP contribution >= 0.6 is 0 Å². The van der Waals surface area contributed by atoms with Crippen LogP contribution < -0.4 is 26.2 Å². The highest BCUT2D eigenvalue weighted by molar-refractivity contribution is 7.00. The third-order valence-corrected chi connectivity index (χ3v) is 26.2. The molecule has 21 aromatic rings. The molecule has 2 aliphatic heterocycles. The van der Waals surface area contributed by atoms with Crippen LogP contribution in [0.3, 0.4) is 0 Å². The molecule has 0 saturated heterocycles. The molecule has 0 saturated carbocycles. The largest absolute Gasteiger partial charge is 0.310 e. The van der Waals surface area contributed by atoms with Crippen molar-refractivity contribution < 1.29 is 0 Å². The molecule has 0 spiro atoms. The van der Waals surface area contributed by atoms with Crippen LogP contribution in [0.4, 0.5) is 34.1 Å². The Balaban J connectivity index is 0.919. The van der Waals surface area contributed by atoms with Crippen LogP contribution in [0.25, 0.3) is 164 Å². The van der Waals surface area contributed by atoms with Crippen LogP contribution in [0.5, 0.6) is 0 Å². The van der Waals surface area contributed by atoms with E-state index in [4.69, 9.17) is 0 Å². The van der Waals surface area contributed by atoms with Crippen molar-refractivity contribution in [3.05, 3.63) is 381 Å². The molecule has 2 aliphatic rings. The number of fused-ring (bicyclic) bond motifs is 24. The van der Waals surface area contributed by atoms with Gasteiger partial charge in [-0.05, 0) is 198 Å². The van der Waals surface area contributed by atoms with E-state index in [9.17, 15) is 0 Å². The quantitative estimate of drug-likeness (QED) is 0.111. The summed E-state index contributed by atoms with van der Waals surface area (Å²) in [5.74, 6) is 0. The fourth-order valence-corrected chi connectivity index (χ4v) is 20.5. The molecule has 19 aromatic carbocycles. The lowest BCUT2D eigenvalue weighted by Gasteiger charge is -2.47. The van der Waals surface area contributed by atoms with Crippen molar-refractivity contribution in [3.8, 4) is 55.9 Å². The van der Waals surface area contributed by atoms with Crippen molar-refractivity contribution in [1.29, 1.82) is 0 Å². The van der Waals surface area contributed by atoms with Crippen LogP contribution in [0, 0.1) is 0 Å². The molecule has 119 heavy (non-hydrogen) atoms. The Kier molecular flexibility index (Phi) is 15.5. The Labute approximate surface area is 694 Å². The lowest BCUT2D eigenvalue weighted by atomic mass is 9.33. The molecule has 0 amide bonds. The van der Waals surface area contributed by atoms with E-state index >= 15 is 0 Å². The molecule has 4 nitrogen and oxygen atoms in total. The Morgan fingerprint density at radius 1 is 0.227 bits per heavy atom. The maximum Gasteiger partial charge on any atom is 0.252 e. The summed E-state index contributed by atoms with van der Waals surface area (Å²) in [5.41, 5.74) is 29.5. The second kappa shape index (κ2) is 26.3. The first-order valence-corrected chi connectivity index (χ1v) is 42.2. The van der Waals surface area contributed by atoms with Crippen molar-refractivity contribution >= 4 is 165 Å². The van der Waals surface area contributed by atoms with E-state index in [2.05, 4.69) is 445 Å². The highest BCUT2D eigenvalue weighted by Crippen LogP contribution is 2.57. The van der Waals surface area contributed by atoms with Crippen molar-refractivity contribution in [3.63, 3.8) is 0 Å². The highest BCUT2D eigenvalue weighted by atomic mass is 15.2. The number of hydrogen-bond donors (Lipinski definition) is 0. The normalized spacial score (nSPS) is 13.0. The van der Waals surface area contributed by atoms with Gasteiger partial charge in [0.05, 0.1) is 33.4 Å². The molecule has 2 aromatic heterocycles. The van der Waals surface area contributed by atoms with Gasteiger partial charge in [-0.15, -0.1) is 0 Å². The van der Waals surface area contributed by atoms with Gasteiger partial charge in [-0.1, -0.05) is 353 Å². The summed E-state index contributed by atoms with van der Waals surface area (Å²) in [6.07, 6.45) is 0.